The molecule has 0 spiro atoms. The third kappa shape index (κ3) is 2.08. The topological polar surface area (TPSA) is 29.5 Å². The highest BCUT2D eigenvalue weighted by Crippen LogP contribution is 2.62. The molecule has 2 aliphatic rings. The second kappa shape index (κ2) is 5.16. The van der Waals surface area contributed by atoms with Crippen molar-refractivity contribution in [2.24, 2.45) is 5.92 Å². The first-order valence-electron chi connectivity index (χ1n) is 7.84. The van der Waals surface area contributed by atoms with Gasteiger partial charge in [0.15, 0.2) is 0 Å². The van der Waals surface area contributed by atoms with Crippen LogP contribution in [0.3, 0.4) is 0 Å². The highest BCUT2D eigenvalue weighted by molar-refractivity contribution is 5.71. The van der Waals surface area contributed by atoms with Gasteiger partial charge < -0.3 is 4.74 Å². The molecule has 1 aliphatic carbocycles. The van der Waals surface area contributed by atoms with Crippen molar-refractivity contribution >= 4 is 6.09 Å². The fourth-order valence-electron chi connectivity index (χ4n) is 3.76. The second-order valence-electron chi connectivity index (χ2n) is 6.17. The molecule has 112 valence electrons. The van der Waals surface area contributed by atoms with Gasteiger partial charge in [0.1, 0.15) is 6.61 Å². The van der Waals surface area contributed by atoms with Crippen LogP contribution in [0.5, 0.6) is 0 Å². The van der Waals surface area contributed by atoms with E-state index in [2.05, 4.69) is 12.1 Å². The smallest absolute Gasteiger partial charge is 0.410 e. The van der Waals surface area contributed by atoms with Crippen molar-refractivity contribution in [1.82, 2.24) is 4.90 Å². The Morgan fingerprint density at radius 1 is 1.09 bits per heavy atom. The summed E-state index contributed by atoms with van der Waals surface area (Å²) in [6.45, 7) is 1.14. The molecular formula is C19H19NO2. The quantitative estimate of drug-likeness (QED) is 0.857. The Balaban J connectivity index is 1.49. The minimum absolute atomic E-state index is 0.102. The van der Waals surface area contributed by atoms with E-state index in [1.165, 1.54) is 5.56 Å². The monoisotopic (exact) mass is 293 g/mol. The summed E-state index contributed by atoms with van der Waals surface area (Å²) in [7, 11) is 0. The molecule has 2 aromatic rings. The van der Waals surface area contributed by atoms with Crippen LogP contribution in [0, 0.1) is 5.92 Å². The van der Waals surface area contributed by atoms with Crippen LogP contribution in [0.1, 0.15) is 24.0 Å². The fraction of sp³-hybridized carbons (Fsp3) is 0.316. The number of nitrogens with zero attached hydrogens (tertiary/aromatic N) is 1. The van der Waals surface area contributed by atoms with Crippen molar-refractivity contribution < 1.29 is 9.53 Å². The molecule has 1 amide bonds. The average molecular weight is 293 g/mol. The number of carbonyl (C=O) groups is 1. The minimum atomic E-state index is -0.187. The van der Waals surface area contributed by atoms with Crippen LogP contribution in [0.4, 0.5) is 4.79 Å². The van der Waals surface area contributed by atoms with Crippen LogP contribution in [-0.4, -0.2) is 17.5 Å². The van der Waals surface area contributed by atoms with Gasteiger partial charge in [-0.1, -0.05) is 60.7 Å². The maximum atomic E-state index is 12.5. The third-order valence-corrected chi connectivity index (χ3v) is 4.95. The number of likely N-dealkylation sites (tertiary alicyclic amines) is 1. The number of hydrogen-bond donors (Lipinski definition) is 0. The summed E-state index contributed by atoms with van der Waals surface area (Å²) in [5, 5.41) is 0. The van der Waals surface area contributed by atoms with E-state index in [9.17, 15) is 4.79 Å². The second-order valence-corrected chi connectivity index (χ2v) is 6.17. The van der Waals surface area contributed by atoms with E-state index < -0.39 is 0 Å². The van der Waals surface area contributed by atoms with Gasteiger partial charge in [0, 0.05) is 6.54 Å². The Labute approximate surface area is 130 Å². The minimum Gasteiger partial charge on any atom is -0.445 e. The Kier molecular flexibility index (Phi) is 3.14. The molecule has 2 atom stereocenters. The summed E-state index contributed by atoms with van der Waals surface area (Å²) in [6, 6.07) is 20.2. The van der Waals surface area contributed by atoms with E-state index in [1.807, 2.05) is 53.4 Å². The van der Waals surface area contributed by atoms with Gasteiger partial charge in [-0.2, -0.15) is 0 Å². The van der Waals surface area contributed by atoms with Crippen LogP contribution in [0.15, 0.2) is 60.7 Å². The molecule has 22 heavy (non-hydrogen) atoms. The zero-order valence-corrected chi connectivity index (χ0v) is 12.4. The van der Waals surface area contributed by atoms with Crippen LogP contribution >= 0.6 is 0 Å². The number of benzene rings is 2. The summed E-state index contributed by atoms with van der Waals surface area (Å²) in [4.78, 5) is 14.5. The van der Waals surface area contributed by atoms with Crippen molar-refractivity contribution in [3.05, 3.63) is 71.8 Å². The average Bonchev–Trinajstić information content (AvgIpc) is 3.20. The Hall–Kier alpha value is -2.29. The first-order valence-corrected chi connectivity index (χ1v) is 7.84. The van der Waals surface area contributed by atoms with Gasteiger partial charge in [0.05, 0.1) is 5.54 Å². The Morgan fingerprint density at radius 3 is 2.45 bits per heavy atom. The highest BCUT2D eigenvalue weighted by atomic mass is 16.6. The van der Waals surface area contributed by atoms with Gasteiger partial charge in [-0.3, -0.25) is 4.90 Å². The van der Waals surface area contributed by atoms with E-state index in [0.29, 0.717) is 12.5 Å². The van der Waals surface area contributed by atoms with Gasteiger partial charge in [-0.15, -0.1) is 0 Å². The largest absolute Gasteiger partial charge is 0.445 e. The lowest BCUT2D eigenvalue weighted by atomic mass is 10.0. The molecule has 1 saturated carbocycles. The zero-order chi connectivity index (χ0) is 15.0. The summed E-state index contributed by atoms with van der Waals surface area (Å²) in [5.74, 6) is 0.596. The number of carbonyl (C=O) groups excluding carboxylic acids is 1. The molecule has 1 heterocycles. The molecule has 0 unspecified atom stereocenters. The Morgan fingerprint density at radius 2 is 1.77 bits per heavy atom. The molecule has 1 saturated heterocycles. The first kappa shape index (κ1) is 13.4. The molecule has 3 nitrogen and oxygen atoms in total. The van der Waals surface area contributed by atoms with E-state index in [-0.39, 0.29) is 11.6 Å². The van der Waals surface area contributed by atoms with Crippen LogP contribution in [0.25, 0.3) is 0 Å². The standard InChI is InChI=1S/C19H19NO2/c21-18(22-14-15-7-3-1-4-8-15)20-12-11-17-13-19(17,20)16-9-5-2-6-10-16/h1-10,17H,11-14H2/t17-,19-/m1/s1. The van der Waals surface area contributed by atoms with Crippen molar-refractivity contribution in [2.45, 2.75) is 25.0 Å². The van der Waals surface area contributed by atoms with Crippen molar-refractivity contribution in [3.63, 3.8) is 0 Å². The maximum Gasteiger partial charge on any atom is 0.410 e. The molecule has 3 heteroatoms. The van der Waals surface area contributed by atoms with Crippen LogP contribution < -0.4 is 0 Å². The number of fused-ring (bicyclic) bond motifs is 1. The number of amides is 1. The number of piperidine rings is 1. The van der Waals surface area contributed by atoms with Gasteiger partial charge in [0.2, 0.25) is 0 Å². The van der Waals surface area contributed by atoms with Gasteiger partial charge in [-0.25, -0.2) is 4.79 Å². The highest BCUT2D eigenvalue weighted by Gasteiger charge is 2.64. The lowest BCUT2D eigenvalue weighted by Gasteiger charge is -2.28. The first-order chi connectivity index (χ1) is 10.8. The third-order valence-electron chi connectivity index (χ3n) is 4.95. The summed E-state index contributed by atoms with van der Waals surface area (Å²) >= 11 is 0. The molecule has 0 N–H and O–H groups in total. The van der Waals surface area contributed by atoms with Gasteiger partial charge in [-0.05, 0) is 29.9 Å². The summed E-state index contributed by atoms with van der Waals surface area (Å²) in [6.07, 6.45) is 1.96. The molecular weight excluding hydrogens is 274 g/mol. The van der Waals surface area contributed by atoms with E-state index in [1.54, 1.807) is 0 Å². The number of hydrogen-bond acceptors (Lipinski definition) is 2. The van der Waals surface area contributed by atoms with Crippen LogP contribution in [-0.2, 0) is 16.9 Å². The molecule has 0 bridgehead atoms. The normalized spacial score (nSPS) is 25.6. The summed E-state index contributed by atoms with van der Waals surface area (Å²) < 4.78 is 5.54. The SMILES string of the molecule is O=C(OCc1ccccc1)N1CC[C@@H]2C[C@@]21c1ccccc1. The number of rotatable bonds is 3. The van der Waals surface area contributed by atoms with E-state index >= 15 is 0 Å². The molecule has 2 fully saturated rings. The predicted molar refractivity (Wildman–Crippen MR) is 84.2 cm³/mol. The van der Waals surface area contributed by atoms with Gasteiger partial charge >= 0.3 is 6.09 Å². The molecule has 1 aliphatic heterocycles. The lowest BCUT2D eigenvalue weighted by Crippen LogP contribution is -2.38. The van der Waals surface area contributed by atoms with Gasteiger partial charge in [0.25, 0.3) is 0 Å². The van der Waals surface area contributed by atoms with Crippen LogP contribution in [0.2, 0.25) is 0 Å². The Bertz CT molecular complexity index is 670. The van der Waals surface area contributed by atoms with Crippen molar-refractivity contribution in [3.8, 4) is 0 Å². The van der Waals surface area contributed by atoms with Crippen molar-refractivity contribution in [2.75, 3.05) is 6.54 Å². The molecule has 2 aromatic carbocycles. The molecule has 4 rings (SSSR count). The van der Waals surface area contributed by atoms with E-state index in [0.717, 1.165) is 24.9 Å². The zero-order valence-electron chi connectivity index (χ0n) is 12.4. The lowest BCUT2D eigenvalue weighted by molar-refractivity contribution is 0.0825. The summed E-state index contributed by atoms with van der Waals surface area (Å²) in [5.41, 5.74) is 2.17. The van der Waals surface area contributed by atoms with E-state index in [4.69, 9.17) is 4.74 Å². The molecule has 0 aromatic heterocycles. The molecule has 0 radical (unpaired) electrons. The predicted octanol–water partition coefficient (Wildman–Crippen LogP) is 3.94. The maximum absolute atomic E-state index is 12.5. The van der Waals surface area contributed by atoms with Crippen molar-refractivity contribution in [1.29, 1.82) is 0 Å². The number of ether oxygens (including phenoxy) is 1. The fourth-order valence-corrected chi connectivity index (χ4v) is 3.76.